The van der Waals surface area contributed by atoms with Gasteiger partial charge in [0.25, 0.3) is 0 Å². The quantitative estimate of drug-likeness (QED) is 0.658. The van der Waals surface area contributed by atoms with Crippen molar-refractivity contribution in [2.24, 2.45) is 5.92 Å². The molecule has 1 aromatic heterocycles. The summed E-state index contributed by atoms with van der Waals surface area (Å²) in [5.41, 5.74) is 4.27. The zero-order valence-corrected chi connectivity index (χ0v) is 14.0. The van der Waals surface area contributed by atoms with Crippen LogP contribution in [0.25, 0.3) is 11.3 Å². The normalized spacial score (nSPS) is 18.7. The predicted octanol–water partition coefficient (Wildman–Crippen LogP) is 3.73. The summed E-state index contributed by atoms with van der Waals surface area (Å²) >= 11 is 0. The minimum Gasteiger partial charge on any atom is -0.508 e. The summed E-state index contributed by atoms with van der Waals surface area (Å²) in [5, 5.41) is 34.8. The fourth-order valence-electron chi connectivity index (χ4n) is 3.34. The fourth-order valence-corrected chi connectivity index (χ4v) is 3.34. The van der Waals surface area contributed by atoms with E-state index in [4.69, 9.17) is 10.1 Å². The van der Waals surface area contributed by atoms with E-state index in [1.54, 1.807) is 18.2 Å². The van der Waals surface area contributed by atoms with E-state index in [1.807, 2.05) is 37.3 Å². The highest BCUT2D eigenvalue weighted by Gasteiger charge is 2.40. The molecule has 3 N–H and O–H groups in total. The second-order valence-electron chi connectivity index (χ2n) is 6.33. The Morgan fingerprint density at radius 1 is 1.23 bits per heavy atom. The summed E-state index contributed by atoms with van der Waals surface area (Å²) in [6.45, 7) is 2.01. The number of rotatable bonds is 2. The molecule has 0 amide bonds. The highest BCUT2D eigenvalue weighted by molar-refractivity contribution is 5.86. The maximum Gasteiger partial charge on any atom is 0.244 e. The summed E-state index contributed by atoms with van der Waals surface area (Å²) in [6.07, 6.45) is 0. The number of ether oxygens (including phenoxy) is 1. The molecular weight excluding hydrogens is 328 g/mol. The molecular formula is C20H16N4O2. The first-order valence-electron chi connectivity index (χ1n) is 8.18. The van der Waals surface area contributed by atoms with Crippen molar-refractivity contribution in [3.8, 4) is 29.0 Å². The number of H-pyrrole nitrogens is 1. The largest absolute Gasteiger partial charge is 0.508 e. The summed E-state index contributed by atoms with van der Waals surface area (Å²) in [5.74, 6) is -0.996. The first-order valence-corrected chi connectivity index (χ1v) is 8.18. The highest BCUT2D eigenvalue weighted by Crippen LogP contribution is 2.46. The van der Waals surface area contributed by atoms with Gasteiger partial charge in [0, 0.05) is 5.92 Å². The number of nitrogens with one attached hydrogen (secondary N) is 2. The van der Waals surface area contributed by atoms with E-state index in [9.17, 15) is 10.4 Å². The van der Waals surface area contributed by atoms with E-state index in [2.05, 4.69) is 16.3 Å². The van der Waals surface area contributed by atoms with Crippen LogP contribution >= 0.6 is 0 Å². The third-order valence-electron chi connectivity index (χ3n) is 4.61. The van der Waals surface area contributed by atoms with Crippen molar-refractivity contribution in [2.75, 3.05) is 0 Å². The Hall–Kier alpha value is -3.59. The predicted molar refractivity (Wildman–Crippen MR) is 96.2 cm³/mol. The monoisotopic (exact) mass is 344 g/mol. The Kier molecular flexibility index (Phi) is 3.70. The minimum atomic E-state index is -0.800. The lowest BCUT2D eigenvalue weighted by molar-refractivity contribution is 0.435. The standard InChI is InChI=1S/C20H16N4O2/c1-11-5-7-12(8-6-11)18-17-16(13-3-2-4-14(25)9-13)15(10-21)19(22)26-20(17)24-23-18/h2-9,15-16,22,25H,1H3,(H,23,24). The second-order valence-corrected chi connectivity index (χ2v) is 6.33. The van der Waals surface area contributed by atoms with Gasteiger partial charge < -0.3 is 9.84 Å². The number of fused-ring (bicyclic) bond motifs is 1. The molecule has 2 atom stereocenters. The van der Waals surface area contributed by atoms with Crippen LogP contribution in [0.1, 0.15) is 22.6 Å². The van der Waals surface area contributed by atoms with Gasteiger partial charge in [0.05, 0.1) is 17.3 Å². The number of aromatic nitrogens is 2. The van der Waals surface area contributed by atoms with Crippen LogP contribution in [0.2, 0.25) is 0 Å². The van der Waals surface area contributed by atoms with Gasteiger partial charge >= 0.3 is 0 Å². The SMILES string of the molecule is Cc1ccc(-c2[nH]nc3c2C(c2cccc(O)c2)C(C#N)C(=N)O3)cc1. The molecule has 0 radical (unpaired) electrons. The molecule has 3 aromatic rings. The summed E-state index contributed by atoms with van der Waals surface area (Å²) in [7, 11) is 0. The van der Waals surface area contributed by atoms with Gasteiger partial charge in [-0.3, -0.25) is 10.5 Å². The van der Waals surface area contributed by atoms with E-state index in [-0.39, 0.29) is 11.6 Å². The zero-order chi connectivity index (χ0) is 18.3. The van der Waals surface area contributed by atoms with E-state index in [0.29, 0.717) is 5.88 Å². The van der Waals surface area contributed by atoms with Crippen molar-refractivity contribution in [1.82, 2.24) is 10.2 Å². The maximum absolute atomic E-state index is 9.89. The number of hydrogen-bond donors (Lipinski definition) is 3. The molecule has 128 valence electrons. The number of benzene rings is 2. The van der Waals surface area contributed by atoms with Crippen LogP contribution < -0.4 is 4.74 Å². The van der Waals surface area contributed by atoms with Crippen molar-refractivity contribution < 1.29 is 9.84 Å². The molecule has 0 saturated heterocycles. The smallest absolute Gasteiger partial charge is 0.244 e. The fraction of sp³-hybridized carbons (Fsp3) is 0.150. The van der Waals surface area contributed by atoms with Crippen LogP contribution in [0.15, 0.2) is 48.5 Å². The molecule has 0 aliphatic carbocycles. The molecule has 26 heavy (non-hydrogen) atoms. The summed E-state index contributed by atoms with van der Waals surface area (Å²) in [4.78, 5) is 0. The van der Waals surface area contributed by atoms with Crippen molar-refractivity contribution in [3.63, 3.8) is 0 Å². The van der Waals surface area contributed by atoms with Crippen molar-refractivity contribution in [2.45, 2.75) is 12.8 Å². The topological polar surface area (TPSA) is 106 Å². The van der Waals surface area contributed by atoms with E-state index in [0.717, 1.165) is 27.9 Å². The summed E-state index contributed by atoms with van der Waals surface area (Å²) < 4.78 is 5.50. The molecule has 6 nitrogen and oxygen atoms in total. The van der Waals surface area contributed by atoms with Gasteiger partial charge in [-0.2, -0.15) is 5.26 Å². The third-order valence-corrected chi connectivity index (χ3v) is 4.61. The average Bonchev–Trinajstić information content (AvgIpc) is 3.04. The number of phenols is 1. The number of aryl methyl sites for hydroxylation is 1. The van der Waals surface area contributed by atoms with Crippen LogP contribution in [0.3, 0.4) is 0 Å². The Morgan fingerprint density at radius 3 is 2.69 bits per heavy atom. The van der Waals surface area contributed by atoms with Crippen molar-refractivity contribution in [1.29, 1.82) is 10.7 Å². The zero-order valence-electron chi connectivity index (χ0n) is 14.0. The molecule has 0 saturated carbocycles. The number of nitrogens with zero attached hydrogens (tertiary/aromatic N) is 2. The number of hydrogen-bond acceptors (Lipinski definition) is 5. The van der Waals surface area contributed by atoms with Gasteiger partial charge in [-0.25, -0.2) is 0 Å². The van der Waals surface area contributed by atoms with Gasteiger partial charge in [-0.1, -0.05) is 42.0 Å². The molecule has 1 aliphatic heterocycles. The van der Waals surface area contributed by atoms with Gasteiger partial charge in [-0.05, 0) is 30.2 Å². The van der Waals surface area contributed by atoms with Crippen molar-refractivity contribution in [3.05, 3.63) is 65.2 Å². The Balaban J connectivity index is 1.94. The van der Waals surface area contributed by atoms with Gasteiger partial charge in [-0.15, -0.1) is 5.10 Å². The van der Waals surface area contributed by atoms with E-state index >= 15 is 0 Å². The van der Waals surface area contributed by atoms with E-state index < -0.39 is 11.8 Å². The molecule has 2 heterocycles. The second kappa shape index (κ2) is 6.05. The van der Waals surface area contributed by atoms with Crippen LogP contribution in [0.5, 0.6) is 11.6 Å². The number of phenolic OH excluding ortho intramolecular Hbond substituents is 1. The average molecular weight is 344 g/mol. The summed E-state index contributed by atoms with van der Waals surface area (Å²) in [6, 6.07) is 16.9. The molecule has 0 bridgehead atoms. The van der Waals surface area contributed by atoms with Gasteiger partial charge in [0.2, 0.25) is 11.8 Å². The van der Waals surface area contributed by atoms with Crippen molar-refractivity contribution >= 4 is 5.90 Å². The van der Waals surface area contributed by atoms with Crippen LogP contribution in [0, 0.1) is 29.6 Å². The lowest BCUT2D eigenvalue weighted by Gasteiger charge is -2.28. The molecule has 2 unspecified atom stereocenters. The number of aromatic hydroxyl groups is 1. The van der Waals surface area contributed by atoms with Gasteiger partial charge in [0.15, 0.2) is 0 Å². The molecule has 0 fully saturated rings. The minimum absolute atomic E-state index is 0.110. The van der Waals surface area contributed by atoms with E-state index in [1.165, 1.54) is 0 Å². The maximum atomic E-state index is 9.89. The Labute approximate surface area is 150 Å². The third kappa shape index (κ3) is 2.50. The first-order chi connectivity index (χ1) is 12.6. The molecule has 4 rings (SSSR count). The molecule has 0 spiro atoms. The Bertz CT molecular complexity index is 1030. The Morgan fingerprint density at radius 2 is 2.00 bits per heavy atom. The number of nitriles is 1. The van der Waals surface area contributed by atoms with Crippen LogP contribution in [0.4, 0.5) is 0 Å². The highest BCUT2D eigenvalue weighted by atomic mass is 16.5. The lowest BCUT2D eigenvalue weighted by atomic mass is 9.79. The molecule has 2 aromatic carbocycles. The first kappa shape index (κ1) is 15.9. The van der Waals surface area contributed by atoms with Crippen LogP contribution in [-0.4, -0.2) is 21.2 Å². The molecule has 1 aliphatic rings. The van der Waals surface area contributed by atoms with Gasteiger partial charge in [0.1, 0.15) is 11.7 Å². The van der Waals surface area contributed by atoms with Crippen LogP contribution in [-0.2, 0) is 0 Å². The number of aromatic amines is 1. The lowest BCUT2D eigenvalue weighted by Crippen LogP contribution is -2.30. The molecule has 6 heteroatoms.